The normalized spacial score (nSPS) is 11.0. The van der Waals surface area contributed by atoms with Gasteiger partial charge in [0.25, 0.3) is 0 Å². The largest absolute Gasteiger partial charge is 0.354 e. The highest BCUT2D eigenvalue weighted by atomic mass is 32.1. The summed E-state index contributed by atoms with van der Waals surface area (Å²) in [5.74, 6) is 0.0272. The SMILES string of the molecule is Cc1nc(CC(=O)NCCn2c(C)cc3ccccc32)cs1. The number of amides is 1. The number of fused-ring (bicyclic) bond motifs is 1. The molecule has 4 nitrogen and oxygen atoms in total. The molecule has 0 aliphatic heterocycles. The van der Waals surface area contributed by atoms with Gasteiger partial charge in [0.05, 0.1) is 17.1 Å². The molecule has 0 aliphatic rings. The molecule has 2 heterocycles. The quantitative estimate of drug-likeness (QED) is 0.787. The number of thiazole rings is 1. The number of benzene rings is 1. The molecule has 1 aromatic carbocycles. The molecule has 3 rings (SSSR count). The standard InChI is InChI=1S/C17H19N3OS/c1-12-9-14-5-3-4-6-16(14)20(12)8-7-18-17(21)10-15-11-22-13(2)19-15/h3-6,9,11H,7-8,10H2,1-2H3,(H,18,21). The van der Waals surface area contributed by atoms with Gasteiger partial charge in [-0.15, -0.1) is 11.3 Å². The first-order chi connectivity index (χ1) is 10.6. The fourth-order valence-electron chi connectivity index (χ4n) is 2.67. The summed E-state index contributed by atoms with van der Waals surface area (Å²) in [6, 6.07) is 10.5. The van der Waals surface area contributed by atoms with Crippen LogP contribution in [-0.4, -0.2) is 22.0 Å². The van der Waals surface area contributed by atoms with Crippen molar-refractivity contribution in [2.75, 3.05) is 6.54 Å². The third-order valence-electron chi connectivity index (χ3n) is 3.68. The minimum absolute atomic E-state index is 0.0272. The van der Waals surface area contributed by atoms with Crippen LogP contribution < -0.4 is 5.32 Å². The first-order valence-electron chi connectivity index (χ1n) is 7.36. The predicted molar refractivity (Wildman–Crippen MR) is 90.2 cm³/mol. The maximum absolute atomic E-state index is 11.9. The fraction of sp³-hybridized carbons (Fsp3) is 0.294. The molecule has 0 aliphatic carbocycles. The molecule has 22 heavy (non-hydrogen) atoms. The molecule has 0 atom stereocenters. The van der Waals surface area contributed by atoms with Crippen molar-refractivity contribution < 1.29 is 4.79 Å². The number of hydrogen-bond acceptors (Lipinski definition) is 3. The van der Waals surface area contributed by atoms with Gasteiger partial charge < -0.3 is 9.88 Å². The lowest BCUT2D eigenvalue weighted by Crippen LogP contribution is -2.28. The Morgan fingerprint density at radius 2 is 2.14 bits per heavy atom. The summed E-state index contributed by atoms with van der Waals surface area (Å²) in [6.07, 6.45) is 0.357. The zero-order valence-corrected chi connectivity index (χ0v) is 13.6. The van der Waals surface area contributed by atoms with Crippen LogP contribution in [0.3, 0.4) is 0 Å². The summed E-state index contributed by atoms with van der Waals surface area (Å²) < 4.78 is 2.24. The van der Waals surface area contributed by atoms with E-state index >= 15 is 0 Å². The average molecular weight is 313 g/mol. The molecule has 5 heteroatoms. The third-order valence-corrected chi connectivity index (χ3v) is 4.51. The lowest BCUT2D eigenvalue weighted by molar-refractivity contribution is -0.120. The van der Waals surface area contributed by atoms with Crippen LogP contribution in [0.15, 0.2) is 35.7 Å². The molecule has 0 saturated carbocycles. The molecular formula is C17H19N3OS. The summed E-state index contributed by atoms with van der Waals surface area (Å²) in [5, 5.41) is 7.16. The van der Waals surface area contributed by atoms with E-state index < -0.39 is 0 Å². The molecule has 1 amide bonds. The van der Waals surface area contributed by atoms with Crippen LogP contribution >= 0.6 is 11.3 Å². The summed E-state index contributed by atoms with van der Waals surface area (Å²) in [5.41, 5.74) is 3.28. The van der Waals surface area contributed by atoms with E-state index in [0.29, 0.717) is 13.0 Å². The highest BCUT2D eigenvalue weighted by molar-refractivity contribution is 7.09. The van der Waals surface area contributed by atoms with Gasteiger partial charge in [0.1, 0.15) is 0 Å². The van der Waals surface area contributed by atoms with Crippen molar-refractivity contribution in [3.63, 3.8) is 0 Å². The van der Waals surface area contributed by atoms with Crippen LogP contribution in [0.4, 0.5) is 0 Å². The number of carbonyl (C=O) groups excluding carboxylic acids is 1. The summed E-state index contributed by atoms with van der Waals surface area (Å²) in [6.45, 7) is 5.45. The molecule has 0 fully saturated rings. The van der Waals surface area contributed by atoms with E-state index in [2.05, 4.69) is 40.0 Å². The van der Waals surface area contributed by atoms with Crippen molar-refractivity contribution in [3.05, 3.63) is 52.1 Å². The number of nitrogens with zero attached hydrogens (tertiary/aromatic N) is 2. The Bertz CT molecular complexity index is 803. The van der Waals surface area contributed by atoms with Crippen molar-refractivity contribution >= 4 is 28.1 Å². The van der Waals surface area contributed by atoms with Gasteiger partial charge in [0.2, 0.25) is 5.91 Å². The second kappa shape index (κ2) is 6.32. The van der Waals surface area contributed by atoms with Gasteiger partial charge in [0, 0.05) is 29.7 Å². The number of nitrogens with one attached hydrogen (secondary N) is 1. The minimum Gasteiger partial charge on any atom is -0.354 e. The second-order valence-corrected chi connectivity index (χ2v) is 6.44. The van der Waals surface area contributed by atoms with Crippen LogP contribution in [0.5, 0.6) is 0 Å². The lowest BCUT2D eigenvalue weighted by Gasteiger charge is -2.09. The van der Waals surface area contributed by atoms with Gasteiger partial charge in [-0.25, -0.2) is 4.98 Å². The van der Waals surface area contributed by atoms with Gasteiger partial charge in [-0.2, -0.15) is 0 Å². The molecule has 2 aromatic heterocycles. The lowest BCUT2D eigenvalue weighted by atomic mass is 10.2. The Hall–Kier alpha value is -2.14. The number of aryl methyl sites for hydroxylation is 2. The van der Waals surface area contributed by atoms with Gasteiger partial charge in [0.15, 0.2) is 0 Å². The van der Waals surface area contributed by atoms with Gasteiger partial charge >= 0.3 is 0 Å². The highest BCUT2D eigenvalue weighted by Crippen LogP contribution is 2.18. The topological polar surface area (TPSA) is 46.9 Å². The molecule has 114 valence electrons. The van der Waals surface area contributed by atoms with Crippen molar-refractivity contribution in [3.8, 4) is 0 Å². The maximum Gasteiger partial charge on any atom is 0.226 e. The van der Waals surface area contributed by atoms with Crippen LogP contribution in [0.2, 0.25) is 0 Å². The van der Waals surface area contributed by atoms with Crippen molar-refractivity contribution in [1.29, 1.82) is 0 Å². The summed E-state index contributed by atoms with van der Waals surface area (Å²) in [4.78, 5) is 16.3. The molecule has 0 spiro atoms. The number of carbonyl (C=O) groups is 1. The Morgan fingerprint density at radius 3 is 2.91 bits per heavy atom. The number of hydrogen-bond donors (Lipinski definition) is 1. The number of aromatic nitrogens is 2. The monoisotopic (exact) mass is 313 g/mol. The first kappa shape index (κ1) is 14.8. The number of rotatable bonds is 5. The van der Waals surface area contributed by atoms with Crippen molar-refractivity contribution in [2.24, 2.45) is 0 Å². The van der Waals surface area contributed by atoms with Crippen molar-refractivity contribution in [2.45, 2.75) is 26.8 Å². The van der Waals surface area contributed by atoms with E-state index in [1.165, 1.54) is 16.6 Å². The first-order valence-corrected chi connectivity index (χ1v) is 8.24. The zero-order chi connectivity index (χ0) is 15.5. The van der Waals surface area contributed by atoms with Crippen molar-refractivity contribution in [1.82, 2.24) is 14.9 Å². The summed E-state index contributed by atoms with van der Waals surface area (Å²) in [7, 11) is 0. The van der Waals surface area contributed by atoms with Gasteiger partial charge in [-0.3, -0.25) is 4.79 Å². The van der Waals surface area contributed by atoms with Crippen LogP contribution in [0, 0.1) is 13.8 Å². The molecule has 3 aromatic rings. The second-order valence-electron chi connectivity index (χ2n) is 5.38. The highest BCUT2D eigenvalue weighted by Gasteiger charge is 2.08. The molecular weight excluding hydrogens is 294 g/mol. The maximum atomic E-state index is 11.9. The van der Waals surface area contributed by atoms with Crippen LogP contribution in [0.1, 0.15) is 16.4 Å². The zero-order valence-electron chi connectivity index (χ0n) is 12.8. The third kappa shape index (κ3) is 3.20. The van der Waals surface area contributed by atoms with Gasteiger partial charge in [-0.05, 0) is 31.4 Å². The molecule has 0 bridgehead atoms. The van der Waals surface area contributed by atoms with E-state index in [1.807, 2.05) is 24.4 Å². The number of para-hydroxylation sites is 1. The van der Waals surface area contributed by atoms with E-state index in [0.717, 1.165) is 17.2 Å². The van der Waals surface area contributed by atoms with E-state index in [4.69, 9.17) is 0 Å². The minimum atomic E-state index is 0.0272. The Labute approximate surface area is 133 Å². The van der Waals surface area contributed by atoms with E-state index in [1.54, 1.807) is 11.3 Å². The van der Waals surface area contributed by atoms with Gasteiger partial charge in [-0.1, -0.05) is 18.2 Å². The average Bonchev–Trinajstić information content (AvgIpc) is 3.03. The predicted octanol–water partition coefficient (Wildman–Crippen LogP) is 3.07. The Balaban J connectivity index is 1.58. The Morgan fingerprint density at radius 1 is 1.32 bits per heavy atom. The van der Waals surface area contributed by atoms with Crippen LogP contribution in [0.25, 0.3) is 10.9 Å². The summed E-state index contributed by atoms with van der Waals surface area (Å²) >= 11 is 1.58. The molecule has 0 radical (unpaired) electrons. The molecule has 0 unspecified atom stereocenters. The smallest absolute Gasteiger partial charge is 0.226 e. The molecule has 0 saturated heterocycles. The van der Waals surface area contributed by atoms with E-state index in [-0.39, 0.29) is 5.91 Å². The fourth-order valence-corrected chi connectivity index (χ4v) is 3.28. The molecule has 1 N–H and O–H groups in total. The van der Waals surface area contributed by atoms with E-state index in [9.17, 15) is 4.79 Å². The van der Waals surface area contributed by atoms with Crippen LogP contribution in [-0.2, 0) is 17.8 Å². The Kier molecular flexibility index (Phi) is 4.24.